The lowest BCUT2D eigenvalue weighted by atomic mass is 10.2. The average molecular weight is 357 g/mol. The number of rotatable bonds is 5. The molecule has 0 unspecified atom stereocenters. The molecular formula is C16H15N5O3S. The molecule has 0 radical (unpaired) electrons. The first kappa shape index (κ1) is 16.8. The topological polar surface area (TPSA) is 107 Å². The number of nitrogens with one attached hydrogen (secondary N) is 1. The van der Waals surface area contributed by atoms with Crippen LogP contribution in [0.2, 0.25) is 0 Å². The second-order valence-electron chi connectivity index (χ2n) is 5.32. The van der Waals surface area contributed by atoms with Gasteiger partial charge in [0.2, 0.25) is 0 Å². The smallest absolute Gasteiger partial charge is 0.282 e. The number of hydrogen-bond acceptors (Lipinski definition) is 6. The summed E-state index contributed by atoms with van der Waals surface area (Å²) >= 11 is 0. The zero-order valence-electron chi connectivity index (χ0n) is 13.3. The number of benzene rings is 1. The SMILES string of the molecule is Cc1ccc(S(=O)(=O)n2ccc(C(=O)NCc3cncnc3)n2)cc1. The number of aromatic nitrogens is 4. The van der Waals surface area contributed by atoms with Gasteiger partial charge in [0.1, 0.15) is 6.33 Å². The van der Waals surface area contributed by atoms with Crippen molar-refractivity contribution in [2.75, 3.05) is 0 Å². The van der Waals surface area contributed by atoms with E-state index in [4.69, 9.17) is 0 Å². The predicted molar refractivity (Wildman–Crippen MR) is 89.2 cm³/mol. The van der Waals surface area contributed by atoms with Crippen LogP contribution in [-0.4, -0.2) is 33.5 Å². The molecule has 9 heteroatoms. The van der Waals surface area contributed by atoms with Crippen LogP contribution in [0.5, 0.6) is 0 Å². The van der Waals surface area contributed by atoms with E-state index in [0.29, 0.717) is 0 Å². The van der Waals surface area contributed by atoms with E-state index >= 15 is 0 Å². The predicted octanol–water partition coefficient (Wildman–Crippen LogP) is 1.15. The van der Waals surface area contributed by atoms with E-state index in [1.54, 1.807) is 24.5 Å². The molecule has 3 aromatic rings. The monoisotopic (exact) mass is 357 g/mol. The Morgan fingerprint density at radius 1 is 1.12 bits per heavy atom. The molecular weight excluding hydrogens is 342 g/mol. The highest BCUT2D eigenvalue weighted by Gasteiger charge is 2.19. The van der Waals surface area contributed by atoms with Gasteiger partial charge in [-0.3, -0.25) is 4.79 Å². The minimum absolute atomic E-state index is 0.00698. The van der Waals surface area contributed by atoms with Crippen molar-refractivity contribution in [3.8, 4) is 0 Å². The van der Waals surface area contributed by atoms with E-state index in [1.165, 1.54) is 30.7 Å². The summed E-state index contributed by atoms with van der Waals surface area (Å²) in [6, 6.07) is 7.75. The van der Waals surface area contributed by atoms with Crippen LogP contribution in [-0.2, 0) is 16.6 Å². The molecule has 0 aliphatic carbocycles. The molecule has 2 heterocycles. The molecule has 2 aromatic heterocycles. The molecule has 0 saturated heterocycles. The van der Waals surface area contributed by atoms with Gasteiger partial charge in [0, 0.05) is 30.7 Å². The molecule has 0 atom stereocenters. The lowest BCUT2D eigenvalue weighted by Gasteiger charge is -2.05. The normalized spacial score (nSPS) is 11.2. The number of hydrogen-bond donors (Lipinski definition) is 1. The first-order chi connectivity index (χ1) is 12.0. The Hall–Kier alpha value is -3.07. The van der Waals surface area contributed by atoms with Gasteiger partial charge in [0.05, 0.1) is 4.90 Å². The van der Waals surface area contributed by atoms with E-state index in [9.17, 15) is 13.2 Å². The zero-order chi connectivity index (χ0) is 17.9. The molecule has 3 rings (SSSR count). The van der Waals surface area contributed by atoms with Crippen molar-refractivity contribution in [1.29, 1.82) is 0 Å². The summed E-state index contributed by atoms with van der Waals surface area (Å²) in [5.74, 6) is -0.485. The highest BCUT2D eigenvalue weighted by Crippen LogP contribution is 2.14. The van der Waals surface area contributed by atoms with Crippen LogP contribution >= 0.6 is 0 Å². The standard InChI is InChI=1S/C16H15N5O3S/c1-12-2-4-14(5-3-12)25(23,24)21-7-6-15(20-21)16(22)19-10-13-8-17-11-18-9-13/h2-9,11H,10H2,1H3,(H,19,22). The van der Waals surface area contributed by atoms with Gasteiger partial charge < -0.3 is 5.32 Å². The number of aryl methyl sites for hydroxylation is 1. The van der Waals surface area contributed by atoms with Crippen LogP contribution in [0.25, 0.3) is 0 Å². The molecule has 128 valence electrons. The summed E-state index contributed by atoms with van der Waals surface area (Å²) in [7, 11) is -3.83. The van der Waals surface area contributed by atoms with Crippen LogP contribution in [0.3, 0.4) is 0 Å². The van der Waals surface area contributed by atoms with Gasteiger partial charge in [-0.1, -0.05) is 17.7 Å². The molecule has 0 fully saturated rings. The van der Waals surface area contributed by atoms with Crippen LogP contribution in [0.4, 0.5) is 0 Å². The Bertz CT molecular complexity index is 982. The zero-order valence-corrected chi connectivity index (χ0v) is 14.1. The third kappa shape index (κ3) is 3.72. The molecule has 8 nitrogen and oxygen atoms in total. The lowest BCUT2D eigenvalue weighted by molar-refractivity contribution is 0.0945. The van der Waals surface area contributed by atoms with E-state index in [1.807, 2.05) is 6.92 Å². The minimum atomic E-state index is -3.83. The average Bonchev–Trinajstić information content (AvgIpc) is 3.12. The quantitative estimate of drug-likeness (QED) is 0.734. The van der Waals surface area contributed by atoms with Crippen molar-refractivity contribution in [3.63, 3.8) is 0 Å². The number of carbonyl (C=O) groups excluding carboxylic acids is 1. The third-order valence-electron chi connectivity index (χ3n) is 3.43. The summed E-state index contributed by atoms with van der Waals surface area (Å²) in [5.41, 5.74) is 1.68. The van der Waals surface area contributed by atoms with Gasteiger partial charge >= 0.3 is 0 Å². The fourth-order valence-electron chi connectivity index (χ4n) is 2.07. The maximum Gasteiger partial charge on any atom is 0.282 e. The molecule has 1 N–H and O–H groups in total. The van der Waals surface area contributed by atoms with Gasteiger partial charge in [-0.15, -0.1) is 0 Å². The fourth-order valence-corrected chi connectivity index (χ4v) is 3.19. The highest BCUT2D eigenvalue weighted by atomic mass is 32.2. The highest BCUT2D eigenvalue weighted by molar-refractivity contribution is 7.89. The summed E-state index contributed by atoms with van der Waals surface area (Å²) in [4.78, 5) is 19.9. The Morgan fingerprint density at radius 3 is 2.48 bits per heavy atom. The summed E-state index contributed by atoms with van der Waals surface area (Å²) in [6.45, 7) is 2.09. The lowest BCUT2D eigenvalue weighted by Crippen LogP contribution is -2.24. The second kappa shape index (κ2) is 6.81. The maximum atomic E-state index is 12.5. The van der Waals surface area contributed by atoms with Crippen molar-refractivity contribution in [2.45, 2.75) is 18.4 Å². The molecule has 25 heavy (non-hydrogen) atoms. The number of amides is 1. The number of nitrogens with zero attached hydrogens (tertiary/aromatic N) is 4. The Balaban J connectivity index is 1.75. The Labute approximate surface area is 144 Å². The molecule has 0 aliphatic heterocycles. The molecule has 0 saturated carbocycles. The van der Waals surface area contributed by atoms with E-state index in [2.05, 4.69) is 20.4 Å². The van der Waals surface area contributed by atoms with Crippen LogP contribution in [0, 0.1) is 6.92 Å². The molecule has 1 aromatic carbocycles. The largest absolute Gasteiger partial charge is 0.346 e. The summed E-state index contributed by atoms with van der Waals surface area (Å²) < 4.78 is 25.8. The Morgan fingerprint density at radius 2 is 1.80 bits per heavy atom. The molecule has 0 bridgehead atoms. The van der Waals surface area contributed by atoms with Gasteiger partial charge in [-0.2, -0.15) is 17.6 Å². The van der Waals surface area contributed by atoms with Gasteiger partial charge in [-0.25, -0.2) is 9.97 Å². The van der Waals surface area contributed by atoms with E-state index in [0.717, 1.165) is 15.2 Å². The van der Waals surface area contributed by atoms with Crippen LogP contribution < -0.4 is 5.32 Å². The number of carbonyl (C=O) groups is 1. The second-order valence-corrected chi connectivity index (χ2v) is 7.12. The first-order valence-corrected chi connectivity index (χ1v) is 8.81. The van der Waals surface area contributed by atoms with Crippen molar-refractivity contribution in [3.05, 3.63) is 72.1 Å². The summed E-state index contributed by atoms with van der Waals surface area (Å²) in [5, 5.41) is 6.52. The van der Waals surface area contributed by atoms with Crippen molar-refractivity contribution in [1.82, 2.24) is 24.5 Å². The van der Waals surface area contributed by atoms with Crippen LogP contribution in [0.1, 0.15) is 21.6 Å². The molecule has 0 spiro atoms. The van der Waals surface area contributed by atoms with Gasteiger partial charge in [0.25, 0.3) is 15.9 Å². The fraction of sp³-hybridized carbons (Fsp3) is 0.125. The maximum absolute atomic E-state index is 12.5. The molecule has 1 amide bonds. The Kier molecular flexibility index (Phi) is 4.57. The van der Waals surface area contributed by atoms with Crippen molar-refractivity contribution >= 4 is 15.9 Å². The molecule has 0 aliphatic rings. The van der Waals surface area contributed by atoms with Gasteiger partial charge in [0.15, 0.2) is 5.69 Å². The van der Waals surface area contributed by atoms with E-state index < -0.39 is 15.9 Å². The van der Waals surface area contributed by atoms with E-state index in [-0.39, 0.29) is 17.1 Å². The minimum Gasteiger partial charge on any atom is -0.346 e. The first-order valence-electron chi connectivity index (χ1n) is 7.37. The van der Waals surface area contributed by atoms with Crippen molar-refractivity contribution in [2.24, 2.45) is 0 Å². The van der Waals surface area contributed by atoms with Gasteiger partial charge in [-0.05, 0) is 25.1 Å². The van der Waals surface area contributed by atoms with Crippen LogP contribution in [0.15, 0.2) is 60.1 Å². The van der Waals surface area contributed by atoms with Crippen molar-refractivity contribution < 1.29 is 13.2 Å². The third-order valence-corrected chi connectivity index (χ3v) is 4.99. The summed E-state index contributed by atoms with van der Waals surface area (Å²) in [6.07, 6.45) is 5.79.